The van der Waals surface area contributed by atoms with Crippen LogP contribution in [-0.2, 0) is 4.74 Å². The van der Waals surface area contributed by atoms with Gasteiger partial charge in [-0.2, -0.15) is 0 Å². The average Bonchev–Trinajstić information content (AvgIpc) is 2.20. The minimum atomic E-state index is 0.0188. The van der Waals surface area contributed by atoms with Crippen molar-refractivity contribution in [3.05, 3.63) is 55.5 Å². The molecule has 0 saturated heterocycles. The van der Waals surface area contributed by atoms with Gasteiger partial charge >= 0.3 is 0 Å². The lowest BCUT2D eigenvalue weighted by molar-refractivity contribution is 0.165. The summed E-state index contributed by atoms with van der Waals surface area (Å²) in [6, 6.07) is 7.65. The predicted octanol–water partition coefficient (Wildman–Crippen LogP) is 3.43. The van der Waals surface area contributed by atoms with Crippen LogP contribution in [0.4, 0.5) is 0 Å². The predicted molar refractivity (Wildman–Crippen MR) is 57.0 cm³/mol. The van der Waals surface area contributed by atoms with Gasteiger partial charge in [-0.05, 0) is 24.6 Å². The Balaban J connectivity index is 2.71. The Morgan fingerprint density at radius 3 is 2.29 bits per heavy atom. The summed E-state index contributed by atoms with van der Waals surface area (Å²) in [7, 11) is 0. The normalized spacial score (nSPS) is 11.5. The van der Waals surface area contributed by atoms with Crippen molar-refractivity contribution < 1.29 is 9.47 Å². The van der Waals surface area contributed by atoms with E-state index in [9.17, 15) is 0 Å². The molecule has 0 heterocycles. The second-order valence-corrected chi connectivity index (χ2v) is 2.80. The second-order valence-electron chi connectivity index (χ2n) is 2.80. The van der Waals surface area contributed by atoms with Gasteiger partial charge in [0.2, 0.25) is 0 Å². The van der Waals surface area contributed by atoms with E-state index in [0.29, 0.717) is 0 Å². The minimum absolute atomic E-state index is 0.0188. The number of rotatable bonds is 5. The van der Waals surface area contributed by atoms with Crippen molar-refractivity contribution in [2.75, 3.05) is 0 Å². The lowest BCUT2D eigenvalue weighted by atomic mass is 10.1. The summed E-state index contributed by atoms with van der Waals surface area (Å²) < 4.78 is 10.3. The molecule has 0 aromatic heterocycles. The van der Waals surface area contributed by atoms with Crippen molar-refractivity contribution in [3.63, 3.8) is 0 Å². The van der Waals surface area contributed by atoms with E-state index in [-0.39, 0.29) is 6.10 Å². The van der Waals surface area contributed by atoms with Crippen LogP contribution in [0.2, 0.25) is 0 Å². The zero-order valence-corrected chi connectivity index (χ0v) is 8.27. The average molecular weight is 190 g/mol. The van der Waals surface area contributed by atoms with Gasteiger partial charge in [-0.3, -0.25) is 0 Å². The highest BCUT2D eigenvalue weighted by Crippen LogP contribution is 2.20. The monoisotopic (exact) mass is 190 g/mol. The molecule has 0 amide bonds. The van der Waals surface area contributed by atoms with E-state index < -0.39 is 0 Å². The van der Waals surface area contributed by atoms with Gasteiger partial charge in [-0.15, -0.1) is 0 Å². The Hall–Kier alpha value is -1.70. The molecule has 0 N–H and O–H groups in total. The summed E-state index contributed by atoms with van der Waals surface area (Å²) >= 11 is 0. The van der Waals surface area contributed by atoms with E-state index >= 15 is 0 Å². The van der Waals surface area contributed by atoms with Gasteiger partial charge in [0.15, 0.2) is 0 Å². The van der Waals surface area contributed by atoms with Crippen LogP contribution >= 0.6 is 0 Å². The van der Waals surface area contributed by atoms with E-state index in [4.69, 9.17) is 9.47 Å². The molecule has 14 heavy (non-hydrogen) atoms. The lowest BCUT2D eigenvalue weighted by Crippen LogP contribution is -1.94. The van der Waals surface area contributed by atoms with Crippen LogP contribution in [0, 0.1) is 0 Å². The van der Waals surface area contributed by atoms with Gasteiger partial charge in [0.1, 0.15) is 11.9 Å². The SMILES string of the molecule is C=COc1ccc(C(C)OC=C)cc1. The van der Waals surface area contributed by atoms with Crippen LogP contribution in [0.25, 0.3) is 0 Å². The van der Waals surface area contributed by atoms with Gasteiger partial charge in [-0.25, -0.2) is 0 Å². The largest absolute Gasteiger partial charge is 0.494 e. The fraction of sp³-hybridized carbons (Fsp3) is 0.167. The zero-order valence-electron chi connectivity index (χ0n) is 8.27. The van der Waals surface area contributed by atoms with Crippen molar-refractivity contribution in [1.29, 1.82) is 0 Å². The van der Waals surface area contributed by atoms with Crippen molar-refractivity contribution >= 4 is 0 Å². The van der Waals surface area contributed by atoms with E-state index in [2.05, 4.69) is 13.2 Å². The molecule has 0 spiro atoms. The fourth-order valence-electron chi connectivity index (χ4n) is 1.14. The molecule has 1 aromatic carbocycles. The summed E-state index contributed by atoms with van der Waals surface area (Å²) in [5.74, 6) is 0.773. The Bertz CT molecular complexity index is 301. The molecule has 0 aliphatic rings. The Morgan fingerprint density at radius 1 is 1.14 bits per heavy atom. The molecule has 2 nitrogen and oxygen atoms in total. The Morgan fingerprint density at radius 2 is 1.79 bits per heavy atom. The van der Waals surface area contributed by atoms with E-state index in [0.717, 1.165) is 11.3 Å². The molecule has 1 atom stereocenters. The first-order valence-electron chi connectivity index (χ1n) is 4.42. The summed E-state index contributed by atoms with van der Waals surface area (Å²) in [4.78, 5) is 0. The van der Waals surface area contributed by atoms with Crippen LogP contribution in [0.15, 0.2) is 49.9 Å². The number of hydrogen-bond donors (Lipinski definition) is 0. The first-order chi connectivity index (χ1) is 6.77. The van der Waals surface area contributed by atoms with Crippen molar-refractivity contribution in [2.45, 2.75) is 13.0 Å². The zero-order chi connectivity index (χ0) is 10.4. The van der Waals surface area contributed by atoms with Crippen LogP contribution in [-0.4, -0.2) is 0 Å². The number of ether oxygens (including phenoxy) is 2. The van der Waals surface area contributed by atoms with Gasteiger partial charge in [0.25, 0.3) is 0 Å². The molecule has 1 rings (SSSR count). The highest BCUT2D eigenvalue weighted by molar-refractivity contribution is 5.28. The minimum Gasteiger partial charge on any atom is -0.494 e. The van der Waals surface area contributed by atoms with Crippen LogP contribution in [0.5, 0.6) is 5.75 Å². The number of hydrogen-bond acceptors (Lipinski definition) is 2. The van der Waals surface area contributed by atoms with Crippen molar-refractivity contribution in [1.82, 2.24) is 0 Å². The molecule has 0 aliphatic heterocycles. The van der Waals surface area contributed by atoms with Gasteiger partial charge in [-0.1, -0.05) is 25.3 Å². The smallest absolute Gasteiger partial charge is 0.126 e. The molecule has 0 saturated carbocycles. The van der Waals surface area contributed by atoms with Crippen molar-refractivity contribution in [3.8, 4) is 5.75 Å². The Labute approximate surface area is 84.5 Å². The molecule has 2 heteroatoms. The molecular weight excluding hydrogens is 176 g/mol. The highest BCUT2D eigenvalue weighted by Gasteiger charge is 2.03. The third-order valence-electron chi connectivity index (χ3n) is 1.87. The molecule has 0 fully saturated rings. The quantitative estimate of drug-likeness (QED) is 0.662. The number of benzene rings is 1. The molecular formula is C12H14O2. The van der Waals surface area contributed by atoms with E-state index in [1.165, 1.54) is 12.5 Å². The van der Waals surface area contributed by atoms with Gasteiger partial charge in [0.05, 0.1) is 12.5 Å². The molecule has 1 unspecified atom stereocenters. The van der Waals surface area contributed by atoms with Gasteiger partial charge < -0.3 is 9.47 Å². The first-order valence-corrected chi connectivity index (χ1v) is 4.42. The topological polar surface area (TPSA) is 18.5 Å². The van der Waals surface area contributed by atoms with Crippen LogP contribution in [0.1, 0.15) is 18.6 Å². The molecule has 0 bridgehead atoms. The van der Waals surface area contributed by atoms with Crippen molar-refractivity contribution in [2.24, 2.45) is 0 Å². The van der Waals surface area contributed by atoms with E-state index in [1.807, 2.05) is 31.2 Å². The Kier molecular flexibility index (Phi) is 3.80. The fourth-order valence-corrected chi connectivity index (χ4v) is 1.14. The lowest BCUT2D eigenvalue weighted by Gasteiger charge is -2.11. The van der Waals surface area contributed by atoms with Gasteiger partial charge in [0, 0.05) is 0 Å². The second kappa shape index (κ2) is 5.12. The molecule has 0 aliphatic carbocycles. The third-order valence-corrected chi connectivity index (χ3v) is 1.87. The summed E-state index contributed by atoms with van der Waals surface area (Å²) in [5, 5.41) is 0. The van der Waals surface area contributed by atoms with E-state index in [1.54, 1.807) is 0 Å². The molecule has 74 valence electrons. The maximum Gasteiger partial charge on any atom is 0.126 e. The third kappa shape index (κ3) is 2.66. The standard InChI is InChI=1S/C12H14O2/c1-4-13-10(3)11-6-8-12(9-7-11)14-5-2/h4-10H,1-2H2,3H3. The highest BCUT2D eigenvalue weighted by atomic mass is 16.5. The molecule has 0 radical (unpaired) electrons. The maximum absolute atomic E-state index is 5.23. The molecule has 1 aromatic rings. The summed E-state index contributed by atoms with van der Waals surface area (Å²) in [6.45, 7) is 8.96. The summed E-state index contributed by atoms with van der Waals surface area (Å²) in [6.07, 6.45) is 2.86. The summed E-state index contributed by atoms with van der Waals surface area (Å²) in [5.41, 5.74) is 1.08. The maximum atomic E-state index is 5.23. The first kappa shape index (κ1) is 10.4. The van der Waals surface area contributed by atoms with Crippen LogP contribution in [0.3, 0.4) is 0 Å². The van der Waals surface area contributed by atoms with Crippen LogP contribution < -0.4 is 4.74 Å².